The lowest BCUT2D eigenvalue weighted by atomic mass is 9.49. The average Bonchev–Trinajstić information content (AvgIpc) is 3.72. The maximum atomic E-state index is 13.4. The van der Waals surface area contributed by atoms with Gasteiger partial charge in [0.2, 0.25) is 17.8 Å². The summed E-state index contributed by atoms with van der Waals surface area (Å²) in [6, 6.07) is 9.63. The van der Waals surface area contributed by atoms with Gasteiger partial charge >= 0.3 is 0 Å². The fraction of sp³-hybridized carbons (Fsp3) is 0.628. The third-order valence-corrected chi connectivity index (χ3v) is 14.2. The molecule has 4 aliphatic heterocycles. The van der Waals surface area contributed by atoms with Crippen molar-refractivity contribution in [2.24, 2.45) is 16.7 Å². The van der Waals surface area contributed by atoms with Gasteiger partial charge in [-0.25, -0.2) is 9.97 Å². The van der Waals surface area contributed by atoms with Crippen molar-refractivity contribution in [3.8, 4) is 17.0 Å². The zero-order valence-electron chi connectivity index (χ0n) is 33.6. The Labute approximate surface area is 335 Å². The Kier molecular flexibility index (Phi) is 9.78. The second kappa shape index (κ2) is 14.7. The first kappa shape index (κ1) is 38.0. The lowest BCUT2D eigenvalue weighted by Gasteiger charge is -2.60. The predicted molar refractivity (Wildman–Crippen MR) is 217 cm³/mol. The molecule has 9 rings (SSSR count). The Morgan fingerprint density at radius 3 is 2.21 bits per heavy atom. The minimum atomic E-state index is -0.584. The maximum absolute atomic E-state index is 13.4. The molecule has 4 saturated heterocycles. The molecule has 5 N–H and O–H groups in total. The van der Waals surface area contributed by atoms with Crippen LogP contribution in [-0.4, -0.2) is 122 Å². The highest BCUT2D eigenvalue weighted by molar-refractivity contribution is 5.89. The van der Waals surface area contributed by atoms with Gasteiger partial charge in [-0.15, -0.1) is 10.2 Å². The van der Waals surface area contributed by atoms with Crippen LogP contribution in [0.25, 0.3) is 11.3 Å². The monoisotopic (exact) mass is 778 g/mol. The number of phenolic OH excluding ortho intramolecular Hbond substituents is 1. The van der Waals surface area contributed by atoms with Gasteiger partial charge in [0, 0.05) is 68.2 Å². The van der Waals surface area contributed by atoms with E-state index >= 15 is 0 Å². The van der Waals surface area contributed by atoms with E-state index in [1.165, 1.54) is 5.56 Å². The number of rotatable bonds is 8. The van der Waals surface area contributed by atoms with Crippen molar-refractivity contribution in [2.45, 2.75) is 115 Å². The van der Waals surface area contributed by atoms with E-state index in [0.29, 0.717) is 48.5 Å². The Balaban J connectivity index is 0.742. The fourth-order valence-corrected chi connectivity index (χ4v) is 10.9. The number of nitrogens with one attached hydrogen (secondary N) is 1. The molecule has 1 aromatic carbocycles. The smallest absolute Gasteiger partial charge is 0.245 e. The van der Waals surface area contributed by atoms with Crippen LogP contribution >= 0.6 is 0 Å². The van der Waals surface area contributed by atoms with Crippen molar-refractivity contribution in [1.82, 2.24) is 35.3 Å². The first-order valence-corrected chi connectivity index (χ1v) is 21.1. The zero-order valence-corrected chi connectivity index (χ0v) is 33.6. The van der Waals surface area contributed by atoms with Gasteiger partial charge in [-0.05, 0) is 111 Å². The summed E-state index contributed by atoms with van der Waals surface area (Å²) < 4.78 is 0. The number of carbonyl (C=O) groups is 2. The molecular weight excluding hydrogens is 721 g/mol. The van der Waals surface area contributed by atoms with Gasteiger partial charge in [0.1, 0.15) is 11.8 Å². The zero-order chi connectivity index (χ0) is 39.6. The van der Waals surface area contributed by atoms with Crippen molar-refractivity contribution >= 4 is 29.3 Å². The average molecular weight is 779 g/mol. The number of fused-ring (bicyclic) bond motifs is 2. The van der Waals surface area contributed by atoms with Crippen molar-refractivity contribution < 1.29 is 19.8 Å². The number of anilines is 3. The third kappa shape index (κ3) is 7.28. The normalized spacial score (nSPS) is 29.6. The lowest BCUT2D eigenvalue weighted by Crippen LogP contribution is -2.61. The Bertz CT molecular complexity index is 1950. The largest absolute Gasteiger partial charge is 0.507 e. The maximum Gasteiger partial charge on any atom is 0.245 e. The molecule has 0 radical (unpaired) electrons. The number of phenols is 1. The van der Waals surface area contributed by atoms with E-state index in [9.17, 15) is 19.8 Å². The predicted octanol–water partition coefficient (Wildman–Crippen LogP) is 3.94. The SMILES string of the molecule is CC(C)(C)[C@H](NC(=O)C1CC2(C1)CC(N1CCC(c3cnc(N4C5CCC4CN(c4cc(-c6ccccc6O)nnc4N)C5)nc3)CC1)C2)C(=O)N1CC[C@@H](O)C1. The summed E-state index contributed by atoms with van der Waals surface area (Å²) in [6.45, 7) is 10.6. The highest BCUT2D eigenvalue weighted by Crippen LogP contribution is 2.60. The van der Waals surface area contributed by atoms with Crippen LogP contribution in [0.15, 0.2) is 42.7 Å². The summed E-state index contributed by atoms with van der Waals surface area (Å²) in [7, 11) is 0. The highest BCUT2D eigenvalue weighted by Gasteiger charge is 2.56. The third-order valence-electron chi connectivity index (χ3n) is 14.2. The van der Waals surface area contributed by atoms with Gasteiger partial charge in [-0.2, -0.15) is 0 Å². The molecule has 4 atom stereocenters. The molecule has 6 fully saturated rings. The molecule has 1 spiro atoms. The number of piperidine rings is 1. The second-order valence-corrected chi connectivity index (χ2v) is 19.0. The van der Waals surface area contributed by atoms with Gasteiger partial charge in [0.05, 0.1) is 17.5 Å². The van der Waals surface area contributed by atoms with E-state index in [2.05, 4.69) is 42.6 Å². The molecule has 3 aromatic rings. The molecule has 2 saturated carbocycles. The summed E-state index contributed by atoms with van der Waals surface area (Å²) in [5.41, 5.74) is 9.53. The first-order chi connectivity index (χ1) is 27.3. The molecule has 14 nitrogen and oxygen atoms in total. The van der Waals surface area contributed by atoms with Crippen LogP contribution < -0.4 is 20.9 Å². The number of para-hydroxylation sites is 1. The van der Waals surface area contributed by atoms with E-state index in [1.807, 2.05) is 39.0 Å². The molecular formula is C43H58N10O4. The summed E-state index contributed by atoms with van der Waals surface area (Å²) in [5.74, 6) is 1.72. The van der Waals surface area contributed by atoms with Crippen LogP contribution in [0.2, 0.25) is 0 Å². The number of likely N-dealkylation sites (tertiary alicyclic amines) is 2. The number of nitrogens with zero attached hydrogens (tertiary/aromatic N) is 8. The van der Waals surface area contributed by atoms with E-state index in [0.717, 1.165) is 89.2 Å². The van der Waals surface area contributed by atoms with Crippen LogP contribution in [0.1, 0.15) is 90.0 Å². The molecule has 14 heteroatoms. The van der Waals surface area contributed by atoms with E-state index < -0.39 is 17.6 Å². The summed E-state index contributed by atoms with van der Waals surface area (Å²) in [5, 5.41) is 32.0. The van der Waals surface area contributed by atoms with E-state index in [1.54, 1.807) is 17.0 Å². The number of hydrogen-bond donors (Lipinski definition) is 4. The van der Waals surface area contributed by atoms with Gasteiger partial charge in [0.25, 0.3) is 0 Å². The fourth-order valence-electron chi connectivity index (χ4n) is 10.9. The lowest BCUT2D eigenvalue weighted by molar-refractivity contribution is -0.149. The summed E-state index contributed by atoms with van der Waals surface area (Å²) in [4.78, 5) is 45.6. The number of aromatic nitrogens is 4. The minimum Gasteiger partial charge on any atom is -0.507 e. The van der Waals surface area contributed by atoms with Crippen molar-refractivity contribution in [3.05, 3.63) is 48.3 Å². The Morgan fingerprint density at radius 1 is 0.895 bits per heavy atom. The Hall–Kier alpha value is -4.56. The Morgan fingerprint density at radius 2 is 1.58 bits per heavy atom. The van der Waals surface area contributed by atoms with Crippen LogP contribution in [0.5, 0.6) is 5.75 Å². The molecule has 2 aromatic heterocycles. The number of nitrogens with two attached hydrogens (primary N) is 1. The summed E-state index contributed by atoms with van der Waals surface area (Å²) >= 11 is 0. The van der Waals surface area contributed by atoms with Crippen molar-refractivity contribution in [3.63, 3.8) is 0 Å². The standard InChI is InChI=1S/C43H58N10O4/c1-42(2,3)37(40(57)51-15-12-32(54)25-51)47-39(56)27-17-43(18-27)19-31(20-43)50-13-10-26(11-14-50)28-21-45-41(46-22-28)53-29-8-9-30(53)24-52(23-29)35-16-34(48-49-38(35)44)33-6-4-5-7-36(33)55/h4-7,16,21-22,26-27,29-32,37,54-55H,8-15,17-20,23-25H2,1-3H3,(H2,44,49)(H,47,56)/t27?,29?,30?,31?,32-,37-,43?/m1/s1. The number of amides is 2. The summed E-state index contributed by atoms with van der Waals surface area (Å²) in [6.07, 6.45) is 12.7. The molecule has 2 bridgehead atoms. The van der Waals surface area contributed by atoms with E-state index in [4.69, 9.17) is 15.7 Å². The molecule has 2 amide bonds. The van der Waals surface area contributed by atoms with Crippen LogP contribution in [0, 0.1) is 16.7 Å². The van der Waals surface area contributed by atoms with Crippen molar-refractivity contribution in [2.75, 3.05) is 54.8 Å². The molecule has 57 heavy (non-hydrogen) atoms. The molecule has 6 heterocycles. The number of hydrogen-bond acceptors (Lipinski definition) is 12. The van der Waals surface area contributed by atoms with Crippen LogP contribution in [0.3, 0.4) is 0 Å². The highest BCUT2D eigenvalue weighted by atomic mass is 16.3. The molecule has 2 aliphatic carbocycles. The number of nitrogen functional groups attached to an aromatic ring is 1. The minimum absolute atomic E-state index is 0.00827. The number of piperazine rings is 1. The molecule has 2 unspecified atom stereocenters. The van der Waals surface area contributed by atoms with Gasteiger partial charge < -0.3 is 40.9 Å². The second-order valence-electron chi connectivity index (χ2n) is 19.0. The van der Waals surface area contributed by atoms with Crippen LogP contribution in [0.4, 0.5) is 17.5 Å². The molecule has 304 valence electrons. The number of β-amino-alcohol motifs (C(OH)–C–C–N with tert-alkyl or cyclic N) is 1. The number of aliphatic hydroxyl groups excluding tert-OH is 1. The quantitative estimate of drug-likeness (QED) is 0.260. The van der Waals surface area contributed by atoms with E-state index in [-0.39, 0.29) is 41.0 Å². The number of benzene rings is 1. The number of carbonyl (C=O) groups excluding carboxylic acids is 2. The number of aliphatic hydroxyl groups is 1. The van der Waals surface area contributed by atoms with Gasteiger partial charge in [0.15, 0.2) is 5.82 Å². The first-order valence-electron chi connectivity index (χ1n) is 21.1. The topological polar surface area (TPSA) is 177 Å². The number of aromatic hydroxyl groups is 1. The van der Waals surface area contributed by atoms with Crippen molar-refractivity contribution in [1.29, 1.82) is 0 Å². The molecule has 6 aliphatic rings. The van der Waals surface area contributed by atoms with Gasteiger partial charge in [-0.1, -0.05) is 32.9 Å². The van der Waals surface area contributed by atoms with Crippen LogP contribution in [-0.2, 0) is 9.59 Å². The van der Waals surface area contributed by atoms with Gasteiger partial charge in [-0.3, -0.25) is 9.59 Å².